The molecule has 2 saturated carbocycles. The summed E-state index contributed by atoms with van der Waals surface area (Å²) >= 11 is 0. The zero-order chi connectivity index (χ0) is 12.4. The van der Waals surface area contributed by atoms with Crippen LogP contribution in [0.15, 0.2) is 17.6 Å². The molecule has 0 heterocycles. The minimum Gasteiger partial charge on any atom is -0.396 e. The van der Waals surface area contributed by atoms with Crippen LogP contribution in [0.5, 0.6) is 0 Å². The highest BCUT2D eigenvalue weighted by Gasteiger charge is 2.56. The SMILES string of the molecule is C=CCNC(N)=NCC1(CO)CC2(CCC2)C1. The fraction of sp³-hybridized carbons (Fsp3) is 0.769. The largest absolute Gasteiger partial charge is 0.396 e. The van der Waals surface area contributed by atoms with Crippen molar-refractivity contribution in [2.75, 3.05) is 19.7 Å². The second-order valence-corrected chi connectivity index (χ2v) is 5.74. The standard InChI is InChI=1S/C13H23N3O/c1-2-6-15-11(14)16-9-13(10-17)7-12(8-13)4-3-5-12/h2,17H,1,3-10H2,(H3,14,15,16). The van der Waals surface area contributed by atoms with E-state index in [9.17, 15) is 5.11 Å². The summed E-state index contributed by atoms with van der Waals surface area (Å²) in [6.07, 6.45) is 8.01. The van der Waals surface area contributed by atoms with Gasteiger partial charge in [0.2, 0.25) is 0 Å². The number of aliphatic hydroxyl groups is 1. The third-order valence-corrected chi connectivity index (χ3v) is 4.26. The number of nitrogens with two attached hydrogens (primary N) is 1. The molecule has 17 heavy (non-hydrogen) atoms. The summed E-state index contributed by atoms with van der Waals surface area (Å²) in [5.41, 5.74) is 6.28. The lowest BCUT2D eigenvalue weighted by Gasteiger charge is -2.60. The average molecular weight is 237 g/mol. The van der Waals surface area contributed by atoms with Crippen molar-refractivity contribution < 1.29 is 5.11 Å². The van der Waals surface area contributed by atoms with Gasteiger partial charge in [0, 0.05) is 12.0 Å². The van der Waals surface area contributed by atoms with E-state index in [2.05, 4.69) is 16.9 Å². The summed E-state index contributed by atoms with van der Waals surface area (Å²) in [5, 5.41) is 12.5. The molecule has 96 valence electrons. The molecule has 2 aliphatic rings. The van der Waals surface area contributed by atoms with Crippen LogP contribution in [0.3, 0.4) is 0 Å². The van der Waals surface area contributed by atoms with Crippen LogP contribution in [-0.2, 0) is 0 Å². The van der Waals surface area contributed by atoms with Gasteiger partial charge in [-0.25, -0.2) is 0 Å². The van der Waals surface area contributed by atoms with E-state index in [0.29, 0.717) is 24.5 Å². The van der Waals surface area contributed by atoms with Crippen molar-refractivity contribution in [2.45, 2.75) is 32.1 Å². The van der Waals surface area contributed by atoms with Gasteiger partial charge in [0.05, 0.1) is 13.2 Å². The van der Waals surface area contributed by atoms with Crippen LogP contribution in [0.2, 0.25) is 0 Å². The number of hydrogen-bond acceptors (Lipinski definition) is 2. The van der Waals surface area contributed by atoms with Gasteiger partial charge in [-0.1, -0.05) is 12.5 Å². The zero-order valence-corrected chi connectivity index (χ0v) is 10.4. The van der Waals surface area contributed by atoms with E-state index in [-0.39, 0.29) is 12.0 Å². The Hall–Kier alpha value is -1.03. The molecule has 2 fully saturated rings. The third kappa shape index (κ3) is 2.46. The monoisotopic (exact) mass is 237 g/mol. The van der Waals surface area contributed by atoms with Gasteiger partial charge in [0.25, 0.3) is 0 Å². The fourth-order valence-corrected chi connectivity index (χ4v) is 3.33. The van der Waals surface area contributed by atoms with Crippen LogP contribution in [-0.4, -0.2) is 30.8 Å². The molecule has 0 aromatic rings. The van der Waals surface area contributed by atoms with E-state index in [4.69, 9.17) is 5.73 Å². The van der Waals surface area contributed by atoms with Crippen LogP contribution >= 0.6 is 0 Å². The molecule has 0 aliphatic heterocycles. The number of nitrogens with zero attached hydrogens (tertiary/aromatic N) is 1. The predicted molar refractivity (Wildman–Crippen MR) is 69.7 cm³/mol. The first-order valence-electron chi connectivity index (χ1n) is 6.39. The first kappa shape index (κ1) is 12.4. The lowest BCUT2D eigenvalue weighted by Crippen LogP contribution is -2.54. The van der Waals surface area contributed by atoms with E-state index in [1.807, 2.05) is 0 Å². The van der Waals surface area contributed by atoms with Crippen molar-refractivity contribution in [2.24, 2.45) is 21.6 Å². The molecule has 0 amide bonds. The van der Waals surface area contributed by atoms with Crippen molar-refractivity contribution >= 4 is 5.96 Å². The Bertz CT molecular complexity index is 313. The number of aliphatic imine (C=N–C) groups is 1. The van der Waals surface area contributed by atoms with Gasteiger partial charge in [-0.3, -0.25) is 4.99 Å². The molecule has 2 aliphatic carbocycles. The van der Waals surface area contributed by atoms with Gasteiger partial charge < -0.3 is 16.2 Å². The molecule has 0 atom stereocenters. The topological polar surface area (TPSA) is 70.6 Å². The number of nitrogens with one attached hydrogen (secondary N) is 1. The zero-order valence-electron chi connectivity index (χ0n) is 10.4. The maximum Gasteiger partial charge on any atom is 0.188 e. The van der Waals surface area contributed by atoms with Crippen LogP contribution < -0.4 is 11.1 Å². The predicted octanol–water partition coefficient (Wildman–Crippen LogP) is 1.02. The van der Waals surface area contributed by atoms with Gasteiger partial charge >= 0.3 is 0 Å². The normalized spacial score (nSPS) is 24.9. The van der Waals surface area contributed by atoms with Crippen LogP contribution in [0.1, 0.15) is 32.1 Å². The molecule has 4 nitrogen and oxygen atoms in total. The van der Waals surface area contributed by atoms with Gasteiger partial charge in [-0.2, -0.15) is 0 Å². The molecule has 0 radical (unpaired) electrons. The maximum absolute atomic E-state index is 9.53. The van der Waals surface area contributed by atoms with E-state index < -0.39 is 0 Å². The molecular weight excluding hydrogens is 214 g/mol. The summed E-state index contributed by atoms with van der Waals surface area (Å²) in [7, 11) is 0. The second kappa shape index (κ2) is 4.69. The van der Waals surface area contributed by atoms with Crippen LogP contribution in [0, 0.1) is 10.8 Å². The van der Waals surface area contributed by atoms with E-state index >= 15 is 0 Å². The van der Waals surface area contributed by atoms with Crippen LogP contribution in [0.4, 0.5) is 0 Å². The molecule has 0 bridgehead atoms. The number of guanidine groups is 1. The Kier molecular flexibility index (Phi) is 3.43. The Morgan fingerprint density at radius 2 is 2.18 bits per heavy atom. The summed E-state index contributed by atoms with van der Waals surface area (Å²) in [5.74, 6) is 0.451. The number of aliphatic hydroxyl groups excluding tert-OH is 1. The maximum atomic E-state index is 9.53. The minimum atomic E-state index is 0.000892. The highest BCUT2D eigenvalue weighted by atomic mass is 16.3. The second-order valence-electron chi connectivity index (χ2n) is 5.74. The Balaban J connectivity index is 1.82. The number of rotatable bonds is 5. The number of hydrogen-bond donors (Lipinski definition) is 3. The third-order valence-electron chi connectivity index (χ3n) is 4.26. The van der Waals surface area contributed by atoms with Crippen molar-refractivity contribution in [3.63, 3.8) is 0 Å². The molecule has 0 aromatic carbocycles. The van der Waals surface area contributed by atoms with Crippen LogP contribution in [0.25, 0.3) is 0 Å². The molecule has 0 unspecified atom stereocenters. The molecule has 4 N–H and O–H groups in total. The lowest BCUT2D eigenvalue weighted by molar-refractivity contribution is -0.114. The van der Waals surface area contributed by atoms with Gasteiger partial charge in [0.15, 0.2) is 5.96 Å². The first-order valence-corrected chi connectivity index (χ1v) is 6.39. The van der Waals surface area contributed by atoms with Gasteiger partial charge in [-0.05, 0) is 31.1 Å². The summed E-state index contributed by atoms with van der Waals surface area (Å²) in [6.45, 7) is 5.11. The molecule has 0 saturated heterocycles. The highest BCUT2D eigenvalue weighted by molar-refractivity contribution is 5.77. The Labute approximate surface area is 103 Å². The summed E-state index contributed by atoms with van der Waals surface area (Å²) in [4.78, 5) is 4.33. The van der Waals surface area contributed by atoms with E-state index in [0.717, 1.165) is 12.8 Å². The van der Waals surface area contributed by atoms with Crippen molar-refractivity contribution in [3.05, 3.63) is 12.7 Å². The van der Waals surface area contributed by atoms with Crippen molar-refractivity contribution in [1.29, 1.82) is 0 Å². The molecule has 0 aromatic heterocycles. The van der Waals surface area contributed by atoms with Crippen molar-refractivity contribution in [1.82, 2.24) is 5.32 Å². The summed E-state index contributed by atoms with van der Waals surface area (Å²) < 4.78 is 0. The van der Waals surface area contributed by atoms with E-state index in [1.165, 1.54) is 19.3 Å². The molecule has 2 rings (SSSR count). The minimum absolute atomic E-state index is 0.000892. The Morgan fingerprint density at radius 1 is 1.47 bits per heavy atom. The fourth-order valence-electron chi connectivity index (χ4n) is 3.33. The first-order chi connectivity index (χ1) is 8.14. The lowest BCUT2D eigenvalue weighted by atomic mass is 9.45. The molecule has 4 heteroatoms. The average Bonchev–Trinajstić information content (AvgIpc) is 2.23. The summed E-state index contributed by atoms with van der Waals surface area (Å²) in [6, 6.07) is 0. The molecular formula is C13H23N3O. The Morgan fingerprint density at radius 3 is 2.65 bits per heavy atom. The highest BCUT2D eigenvalue weighted by Crippen LogP contribution is 2.64. The quantitative estimate of drug-likeness (QED) is 0.380. The van der Waals surface area contributed by atoms with E-state index in [1.54, 1.807) is 6.08 Å². The van der Waals surface area contributed by atoms with Crippen molar-refractivity contribution in [3.8, 4) is 0 Å². The van der Waals surface area contributed by atoms with Gasteiger partial charge in [0.1, 0.15) is 0 Å². The molecule has 1 spiro atoms. The smallest absolute Gasteiger partial charge is 0.188 e. The van der Waals surface area contributed by atoms with Gasteiger partial charge in [-0.15, -0.1) is 6.58 Å².